The summed E-state index contributed by atoms with van der Waals surface area (Å²) >= 11 is 5.82. The van der Waals surface area contributed by atoms with Gasteiger partial charge in [0.05, 0.1) is 33.7 Å². The molecule has 1 aromatic heterocycles. The fourth-order valence-electron chi connectivity index (χ4n) is 3.01. The smallest absolute Gasteiger partial charge is 0.273 e. The molecule has 0 bridgehead atoms. The highest BCUT2D eigenvalue weighted by atomic mass is 35.5. The Bertz CT molecular complexity index is 891. The van der Waals surface area contributed by atoms with E-state index in [1.54, 1.807) is 12.1 Å². The van der Waals surface area contributed by atoms with Gasteiger partial charge in [0.25, 0.3) is 11.8 Å². The number of carbonyl (C=O) groups excluding carboxylic acids is 2. The van der Waals surface area contributed by atoms with Crippen LogP contribution in [0.3, 0.4) is 0 Å². The second-order valence-corrected chi connectivity index (χ2v) is 8.31. The summed E-state index contributed by atoms with van der Waals surface area (Å²) in [5.74, 6) is -0.526. The molecule has 0 aliphatic carbocycles. The molecule has 2 rings (SSSR count). The molecule has 168 valence electrons. The maximum atomic E-state index is 12.3. The summed E-state index contributed by atoms with van der Waals surface area (Å²) in [7, 11) is 4.22. The van der Waals surface area contributed by atoms with E-state index in [0.717, 1.165) is 36.8 Å². The number of nitrogen functional groups attached to an aromatic ring is 2. The highest BCUT2D eigenvalue weighted by molar-refractivity contribution is 6.31. The fourth-order valence-corrected chi connectivity index (χ4v) is 3.14. The quantitative estimate of drug-likeness (QED) is 0.305. The molecule has 0 unspecified atom stereocenters. The van der Waals surface area contributed by atoms with E-state index in [9.17, 15) is 9.59 Å². The molecule has 1 heterocycles. The van der Waals surface area contributed by atoms with Gasteiger partial charge in [0.2, 0.25) is 0 Å². The number of quaternary nitrogens is 1. The minimum Gasteiger partial charge on any atom is -0.382 e. The number of nitrogens with one attached hydrogen (secondary N) is 2. The Labute approximate surface area is 187 Å². The number of anilines is 2. The molecule has 2 aromatic rings. The maximum absolute atomic E-state index is 12.3. The molecule has 1 aromatic carbocycles. The Morgan fingerprint density at radius 2 is 1.58 bits per heavy atom. The van der Waals surface area contributed by atoms with Crippen molar-refractivity contribution in [3.8, 4) is 0 Å². The van der Waals surface area contributed by atoms with E-state index in [1.807, 2.05) is 18.2 Å². The molecule has 0 aliphatic heterocycles. The zero-order chi connectivity index (χ0) is 22.9. The number of hydrogen-bond donors (Lipinski definition) is 4. The van der Waals surface area contributed by atoms with Crippen LogP contribution in [0.1, 0.15) is 40.1 Å². The van der Waals surface area contributed by atoms with E-state index in [2.05, 4.69) is 34.7 Å². The first kappa shape index (κ1) is 24.4. The molecular weight excluding hydrogens is 418 g/mol. The average molecular weight is 449 g/mol. The number of rotatable bonds is 11. The molecule has 0 radical (unpaired) electrons. The van der Waals surface area contributed by atoms with Crippen molar-refractivity contribution in [1.82, 2.24) is 20.6 Å². The second-order valence-electron chi connectivity index (χ2n) is 7.95. The first-order valence-electron chi connectivity index (χ1n) is 10.2. The molecule has 0 saturated carbocycles. The Morgan fingerprint density at radius 1 is 0.903 bits per heavy atom. The Morgan fingerprint density at radius 3 is 2.29 bits per heavy atom. The van der Waals surface area contributed by atoms with Crippen LogP contribution < -0.4 is 22.1 Å². The Kier molecular flexibility index (Phi) is 9.02. The zero-order valence-electron chi connectivity index (χ0n) is 18.0. The number of halogens is 1. The van der Waals surface area contributed by atoms with Gasteiger partial charge in [-0.25, -0.2) is 9.97 Å². The van der Waals surface area contributed by atoms with Gasteiger partial charge in [0.1, 0.15) is 0 Å². The van der Waals surface area contributed by atoms with E-state index in [0.29, 0.717) is 18.7 Å². The lowest BCUT2D eigenvalue weighted by molar-refractivity contribution is -0.889. The number of benzene rings is 1. The third kappa shape index (κ3) is 8.03. The Hall–Kier alpha value is -2.91. The number of aromatic nitrogens is 2. The molecule has 6 N–H and O–H groups in total. The monoisotopic (exact) mass is 448 g/mol. The lowest BCUT2D eigenvalue weighted by Crippen LogP contribution is -2.46. The zero-order valence-corrected chi connectivity index (χ0v) is 18.8. The molecule has 9 nitrogen and oxygen atoms in total. The van der Waals surface area contributed by atoms with Crippen LogP contribution in [0, 0.1) is 0 Å². The molecule has 10 heteroatoms. The van der Waals surface area contributed by atoms with Gasteiger partial charge in [-0.1, -0.05) is 29.8 Å². The first-order valence-corrected chi connectivity index (χ1v) is 10.6. The van der Waals surface area contributed by atoms with Crippen molar-refractivity contribution in [2.24, 2.45) is 0 Å². The fraction of sp³-hybridized carbons (Fsp3) is 0.429. The number of likely N-dealkylation sites (N-methyl/N-ethyl adjacent to an activating group) is 1. The van der Waals surface area contributed by atoms with Gasteiger partial charge in [0, 0.05) is 12.1 Å². The van der Waals surface area contributed by atoms with Crippen molar-refractivity contribution in [3.05, 3.63) is 46.7 Å². The third-order valence-corrected chi connectivity index (χ3v) is 5.16. The Balaban J connectivity index is 1.63. The van der Waals surface area contributed by atoms with Crippen molar-refractivity contribution < 1.29 is 14.1 Å². The predicted molar refractivity (Wildman–Crippen MR) is 123 cm³/mol. The van der Waals surface area contributed by atoms with Gasteiger partial charge >= 0.3 is 0 Å². The maximum Gasteiger partial charge on any atom is 0.273 e. The topological polar surface area (TPSA) is 136 Å². The third-order valence-electron chi connectivity index (χ3n) is 4.88. The van der Waals surface area contributed by atoms with Crippen LogP contribution >= 0.6 is 11.6 Å². The summed E-state index contributed by atoms with van der Waals surface area (Å²) in [5.41, 5.74) is 11.9. The molecule has 0 atom stereocenters. The molecule has 31 heavy (non-hydrogen) atoms. The number of carbonyl (C=O) groups is 2. The lowest BCUT2D eigenvalue weighted by atomic mass is 10.2. The minimum absolute atomic E-state index is 0.00634. The average Bonchev–Trinajstić information content (AvgIpc) is 2.73. The number of unbranched alkanes of at least 4 members (excludes halogenated alkanes) is 2. The molecule has 0 saturated heterocycles. The second kappa shape index (κ2) is 11.5. The van der Waals surface area contributed by atoms with Gasteiger partial charge in [-0.05, 0) is 31.4 Å². The van der Waals surface area contributed by atoms with Gasteiger partial charge in [-0.15, -0.1) is 0 Å². The van der Waals surface area contributed by atoms with Crippen LogP contribution in [0.2, 0.25) is 5.15 Å². The molecular formula is C21H31ClN7O2+. The van der Waals surface area contributed by atoms with Gasteiger partial charge in [-0.3, -0.25) is 9.59 Å². The summed E-state index contributed by atoms with van der Waals surface area (Å²) in [5, 5.41) is 5.69. The van der Waals surface area contributed by atoms with Gasteiger partial charge < -0.3 is 26.6 Å². The van der Waals surface area contributed by atoms with Gasteiger partial charge in [-0.2, -0.15) is 0 Å². The van der Waals surface area contributed by atoms with E-state index >= 15 is 0 Å². The van der Waals surface area contributed by atoms with Crippen LogP contribution in [0.15, 0.2) is 30.3 Å². The molecule has 0 aliphatic rings. The summed E-state index contributed by atoms with van der Waals surface area (Å²) in [4.78, 5) is 32.0. The SMILES string of the molecule is C[N+](C)(CCCCCNC(=O)c1ccccc1)CCNC(=O)c1nc(Cl)c(N)nc1N. The highest BCUT2D eigenvalue weighted by Gasteiger charge is 2.18. The van der Waals surface area contributed by atoms with E-state index in [1.165, 1.54) is 0 Å². The number of amides is 2. The summed E-state index contributed by atoms with van der Waals surface area (Å²) in [6.07, 6.45) is 2.96. The van der Waals surface area contributed by atoms with Crippen LogP contribution in [0.25, 0.3) is 0 Å². The highest BCUT2D eigenvalue weighted by Crippen LogP contribution is 2.17. The summed E-state index contributed by atoms with van der Waals surface area (Å²) in [6, 6.07) is 9.20. The van der Waals surface area contributed by atoms with Crippen LogP contribution in [0.4, 0.5) is 11.6 Å². The van der Waals surface area contributed by atoms with Crippen molar-refractivity contribution in [3.63, 3.8) is 0 Å². The summed E-state index contributed by atoms with van der Waals surface area (Å²) in [6.45, 7) is 2.82. The van der Waals surface area contributed by atoms with Crippen LogP contribution in [0.5, 0.6) is 0 Å². The van der Waals surface area contributed by atoms with E-state index < -0.39 is 5.91 Å². The lowest BCUT2D eigenvalue weighted by Gasteiger charge is -2.30. The number of hydrogen-bond acceptors (Lipinski definition) is 6. The summed E-state index contributed by atoms with van der Waals surface area (Å²) < 4.78 is 0.750. The van der Waals surface area contributed by atoms with Crippen molar-refractivity contribution in [2.75, 3.05) is 51.7 Å². The minimum atomic E-state index is -0.430. The van der Waals surface area contributed by atoms with Crippen molar-refractivity contribution >= 4 is 35.1 Å². The van der Waals surface area contributed by atoms with Crippen molar-refractivity contribution in [2.45, 2.75) is 19.3 Å². The standard InChI is InChI=1S/C21H30ClN7O2/c1-29(2,13-8-4-7-11-25-20(30)15-9-5-3-6-10-15)14-12-26-21(31)16-18(23)28-19(24)17(22)27-16/h3,5-6,9-10H,4,7-8,11-14H2,1-2H3,(H5-,23,24,25,26,28,30,31)/p+1. The van der Waals surface area contributed by atoms with Gasteiger partial charge in [0.15, 0.2) is 22.5 Å². The van der Waals surface area contributed by atoms with Crippen molar-refractivity contribution in [1.29, 1.82) is 0 Å². The first-order chi connectivity index (χ1) is 14.7. The van der Waals surface area contributed by atoms with E-state index in [-0.39, 0.29) is 28.4 Å². The molecule has 0 spiro atoms. The molecule has 0 fully saturated rings. The normalized spacial score (nSPS) is 11.2. The number of nitrogens with zero attached hydrogens (tertiary/aromatic N) is 3. The molecule has 2 amide bonds. The largest absolute Gasteiger partial charge is 0.382 e. The van der Waals surface area contributed by atoms with E-state index in [4.69, 9.17) is 23.1 Å². The van der Waals surface area contributed by atoms with Crippen LogP contribution in [-0.4, -0.2) is 66.5 Å². The predicted octanol–water partition coefficient (Wildman–Crippen LogP) is 1.70. The van der Waals surface area contributed by atoms with Crippen LogP contribution in [-0.2, 0) is 0 Å². The number of nitrogens with two attached hydrogens (primary N) is 2.